The standard InChI is InChI=1S/C18H15ClN2S/c1-13-4-2-3-5-16(13)17-10-11-18(21-20-17)22-12-14-6-8-15(19)9-7-14/h2-11H,12H2,1H3. The van der Waals surface area contributed by atoms with Gasteiger partial charge < -0.3 is 0 Å². The summed E-state index contributed by atoms with van der Waals surface area (Å²) in [4.78, 5) is 0. The Morgan fingerprint density at radius 2 is 1.68 bits per heavy atom. The summed E-state index contributed by atoms with van der Waals surface area (Å²) < 4.78 is 0. The maximum atomic E-state index is 5.89. The summed E-state index contributed by atoms with van der Waals surface area (Å²) in [5.41, 5.74) is 4.47. The van der Waals surface area contributed by atoms with Gasteiger partial charge in [-0.3, -0.25) is 0 Å². The van der Waals surface area contributed by atoms with Gasteiger partial charge in [0.15, 0.2) is 0 Å². The number of nitrogens with zero attached hydrogens (tertiary/aromatic N) is 2. The Bertz CT molecular complexity index is 755. The van der Waals surface area contributed by atoms with Crippen molar-refractivity contribution < 1.29 is 0 Å². The lowest BCUT2D eigenvalue weighted by Crippen LogP contribution is -1.91. The Balaban J connectivity index is 1.69. The second-order valence-corrected chi connectivity index (χ2v) is 6.42. The van der Waals surface area contributed by atoms with E-state index in [9.17, 15) is 0 Å². The lowest BCUT2D eigenvalue weighted by atomic mass is 10.1. The van der Waals surface area contributed by atoms with Gasteiger partial charge in [0.25, 0.3) is 0 Å². The number of aromatic nitrogens is 2. The zero-order valence-corrected chi connectivity index (χ0v) is 13.7. The highest BCUT2D eigenvalue weighted by Crippen LogP contribution is 2.24. The van der Waals surface area contributed by atoms with Gasteiger partial charge in [0, 0.05) is 16.3 Å². The molecule has 3 rings (SSSR count). The molecule has 2 nitrogen and oxygen atoms in total. The minimum atomic E-state index is 0.760. The summed E-state index contributed by atoms with van der Waals surface area (Å²) >= 11 is 7.56. The second kappa shape index (κ2) is 6.95. The van der Waals surface area contributed by atoms with Crippen LogP contribution in [0.3, 0.4) is 0 Å². The SMILES string of the molecule is Cc1ccccc1-c1ccc(SCc2ccc(Cl)cc2)nn1. The summed E-state index contributed by atoms with van der Waals surface area (Å²) in [6, 6.07) is 20.1. The van der Waals surface area contributed by atoms with Crippen molar-refractivity contribution in [3.05, 3.63) is 76.8 Å². The molecule has 4 heteroatoms. The number of thioether (sulfide) groups is 1. The molecule has 0 saturated heterocycles. The molecule has 0 aliphatic rings. The highest BCUT2D eigenvalue weighted by atomic mass is 35.5. The molecule has 22 heavy (non-hydrogen) atoms. The van der Waals surface area contributed by atoms with Gasteiger partial charge in [-0.25, -0.2) is 0 Å². The number of benzene rings is 2. The average Bonchev–Trinajstić information content (AvgIpc) is 2.55. The van der Waals surface area contributed by atoms with Crippen molar-refractivity contribution in [1.82, 2.24) is 10.2 Å². The summed E-state index contributed by atoms with van der Waals surface area (Å²) in [6.45, 7) is 2.08. The van der Waals surface area contributed by atoms with Crippen LogP contribution in [0.15, 0.2) is 65.7 Å². The number of aryl methyl sites for hydroxylation is 1. The maximum Gasteiger partial charge on any atom is 0.119 e. The largest absolute Gasteiger partial charge is 0.149 e. The van der Waals surface area contributed by atoms with Crippen LogP contribution in [0.25, 0.3) is 11.3 Å². The molecule has 0 aliphatic heterocycles. The Labute approximate surface area is 139 Å². The number of halogens is 1. The third kappa shape index (κ3) is 3.67. The molecule has 1 aromatic heterocycles. The third-order valence-corrected chi connectivity index (χ3v) is 4.60. The second-order valence-electron chi connectivity index (χ2n) is 4.99. The highest BCUT2D eigenvalue weighted by Gasteiger charge is 2.04. The lowest BCUT2D eigenvalue weighted by Gasteiger charge is -2.05. The molecule has 3 aromatic rings. The summed E-state index contributed by atoms with van der Waals surface area (Å²) in [5, 5.41) is 10.3. The van der Waals surface area contributed by atoms with E-state index in [2.05, 4.69) is 29.3 Å². The Hall–Kier alpha value is -1.84. The minimum absolute atomic E-state index is 0.760. The van der Waals surface area contributed by atoms with Crippen LogP contribution >= 0.6 is 23.4 Å². The van der Waals surface area contributed by atoms with Gasteiger partial charge in [0.1, 0.15) is 5.03 Å². The van der Waals surface area contributed by atoms with E-state index in [-0.39, 0.29) is 0 Å². The van der Waals surface area contributed by atoms with E-state index in [4.69, 9.17) is 11.6 Å². The van der Waals surface area contributed by atoms with Crippen molar-refractivity contribution in [3.8, 4) is 11.3 Å². The smallest absolute Gasteiger partial charge is 0.119 e. The van der Waals surface area contributed by atoms with Gasteiger partial charge in [0.2, 0.25) is 0 Å². The summed E-state index contributed by atoms with van der Waals surface area (Å²) in [6.07, 6.45) is 0. The molecule has 0 radical (unpaired) electrons. The first-order valence-electron chi connectivity index (χ1n) is 6.99. The molecule has 0 N–H and O–H groups in total. The maximum absolute atomic E-state index is 5.89. The van der Waals surface area contributed by atoms with E-state index in [1.54, 1.807) is 11.8 Å². The molecule has 0 spiro atoms. The molecule has 0 aliphatic carbocycles. The molecule has 0 unspecified atom stereocenters. The fourth-order valence-corrected chi connectivity index (χ4v) is 3.03. The van der Waals surface area contributed by atoms with Crippen molar-refractivity contribution >= 4 is 23.4 Å². The first kappa shape index (κ1) is 15.1. The molecule has 1 heterocycles. The summed E-state index contributed by atoms with van der Waals surface area (Å²) in [5.74, 6) is 0.857. The van der Waals surface area contributed by atoms with Crippen molar-refractivity contribution in [2.45, 2.75) is 17.7 Å². The van der Waals surface area contributed by atoms with E-state index in [0.29, 0.717) is 0 Å². The molecular weight excluding hydrogens is 312 g/mol. The van der Waals surface area contributed by atoms with E-state index in [0.717, 1.165) is 27.1 Å². The number of hydrogen-bond donors (Lipinski definition) is 0. The molecule has 0 atom stereocenters. The normalized spacial score (nSPS) is 10.6. The van der Waals surface area contributed by atoms with Crippen LogP contribution in [0.5, 0.6) is 0 Å². The Kier molecular flexibility index (Phi) is 4.76. The van der Waals surface area contributed by atoms with Crippen molar-refractivity contribution in [2.75, 3.05) is 0 Å². The molecule has 0 saturated carbocycles. The van der Waals surface area contributed by atoms with Crippen LogP contribution in [0, 0.1) is 6.92 Å². The van der Waals surface area contributed by atoms with E-state index in [1.165, 1.54) is 11.1 Å². The lowest BCUT2D eigenvalue weighted by molar-refractivity contribution is 0.934. The number of hydrogen-bond acceptors (Lipinski definition) is 3. The monoisotopic (exact) mass is 326 g/mol. The van der Waals surface area contributed by atoms with Gasteiger partial charge in [0.05, 0.1) is 5.69 Å². The van der Waals surface area contributed by atoms with Crippen molar-refractivity contribution in [1.29, 1.82) is 0 Å². The minimum Gasteiger partial charge on any atom is -0.149 e. The first-order valence-corrected chi connectivity index (χ1v) is 8.36. The first-order chi connectivity index (χ1) is 10.7. The zero-order chi connectivity index (χ0) is 15.4. The van der Waals surface area contributed by atoms with E-state index in [1.807, 2.05) is 48.5 Å². The third-order valence-electron chi connectivity index (χ3n) is 3.36. The van der Waals surface area contributed by atoms with Crippen LogP contribution < -0.4 is 0 Å². The highest BCUT2D eigenvalue weighted by molar-refractivity contribution is 7.98. The predicted octanol–water partition coefficient (Wildman–Crippen LogP) is 5.40. The van der Waals surface area contributed by atoms with Crippen molar-refractivity contribution in [2.24, 2.45) is 0 Å². The number of rotatable bonds is 4. The molecule has 0 bridgehead atoms. The summed E-state index contributed by atoms with van der Waals surface area (Å²) in [7, 11) is 0. The average molecular weight is 327 g/mol. The quantitative estimate of drug-likeness (QED) is 0.600. The van der Waals surface area contributed by atoms with E-state index < -0.39 is 0 Å². The molecule has 110 valence electrons. The van der Waals surface area contributed by atoms with Gasteiger partial charge >= 0.3 is 0 Å². The molecule has 0 fully saturated rings. The predicted molar refractivity (Wildman–Crippen MR) is 93.2 cm³/mol. The van der Waals surface area contributed by atoms with Gasteiger partial charge in [-0.05, 0) is 42.3 Å². The van der Waals surface area contributed by atoms with Gasteiger partial charge in [-0.1, -0.05) is 59.8 Å². The van der Waals surface area contributed by atoms with Gasteiger partial charge in [-0.2, -0.15) is 0 Å². The van der Waals surface area contributed by atoms with Gasteiger partial charge in [-0.15, -0.1) is 10.2 Å². The molecular formula is C18H15ClN2S. The topological polar surface area (TPSA) is 25.8 Å². The Morgan fingerprint density at radius 1 is 0.909 bits per heavy atom. The zero-order valence-electron chi connectivity index (χ0n) is 12.2. The van der Waals surface area contributed by atoms with E-state index >= 15 is 0 Å². The molecule has 2 aromatic carbocycles. The fourth-order valence-electron chi connectivity index (χ4n) is 2.14. The molecule has 0 amide bonds. The Morgan fingerprint density at radius 3 is 2.36 bits per heavy atom. The fraction of sp³-hybridized carbons (Fsp3) is 0.111. The van der Waals surface area contributed by atoms with Crippen LogP contribution in [-0.2, 0) is 5.75 Å². The van der Waals surface area contributed by atoms with Crippen LogP contribution in [0.2, 0.25) is 5.02 Å². The van der Waals surface area contributed by atoms with Crippen molar-refractivity contribution in [3.63, 3.8) is 0 Å². The van der Waals surface area contributed by atoms with Crippen LogP contribution in [0.4, 0.5) is 0 Å². The van der Waals surface area contributed by atoms with Crippen LogP contribution in [0.1, 0.15) is 11.1 Å². The van der Waals surface area contributed by atoms with Crippen LogP contribution in [-0.4, -0.2) is 10.2 Å².